The highest BCUT2D eigenvalue weighted by molar-refractivity contribution is 9.10. The van der Waals surface area contributed by atoms with E-state index >= 15 is 0 Å². The second kappa shape index (κ2) is 5.48. The van der Waals surface area contributed by atoms with Gasteiger partial charge in [0.2, 0.25) is 0 Å². The van der Waals surface area contributed by atoms with Gasteiger partial charge in [0.25, 0.3) is 0 Å². The molecule has 0 saturated carbocycles. The van der Waals surface area contributed by atoms with Crippen molar-refractivity contribution in [2.45, 2.75) is 20.4 Å². The Morgan fingerprint density at radius 2 is 1.94 bits per heavy atom. The Kier molecular flexibility index (Phi) is 3.97. The van der Waals surface area contributed by atoms with Gasteiger partial charge in [0, 0.05) is 19.7 Å². The van der Waals surface area contributed by atoms with E-state index in [4.69, 9.17) is 0 Å². The molecule has 2 rings (SSSR count). The lowest BCUT2D eigenvalue weighted by Crippen LogP contribution is -2.18. The van der Waals surface area contributed by atoms with Gasteiger partial charge in [-0.3, -0.25) is 0 Å². The van der Waals surface area contributed by atoms with E-state index in [0.717, 1.165) is 22.8 Å². The molecule has 0 fully saturated rings. The van der Waals surface area contributed by atoms with Gasteiger partial charge in [-0.25, -0.2) is 9.97 Å². The first-order valence-electron chi connectivity index (χ1n) is 5.82. The number of hydrogen-bond donors (Lipinski definition) is 0. The van der Waals surface area contributed by atoms with Crippen LogP contribution < -0.4 is 4.90 Å². The van der Waals surface area contributed by atoms with E-state index in [9.17, 15) is 0 Å². The van der Waals surface area contributed by atoms with E-state index in [1.54, 1.807) is 0 Å². The molecule has 0 aliphatic heterocycles. The number of aromatic nitrogens is 2. The molecule has 0 unspecified atom stereocenters. The fourth-order valence-corrected chi connectivity index (χ4v) is 2.34. The van der Waals surface area contributed by atoms with Crippen LogP contribution in [0, 0.1) is 13.8 Å². The van der Waals surface area contributed by atoms with Gasteiger partial charge in [0.05, 0.1) is 0 Å². The Bertz CT molecular complexity index is 534. The summed E-state index contributed by atoms with van der Waals surface area (Å²) < 4.78 is 0.820. The van der Waals surface area contributed by atoms with Crippen LogP contribution in [0.5, 0.6) is 0 Å². The number of hydrogen-bond acceptors (Lipinski definition) is 3. The van der Waals surface area contributed by atoms with Crippen LogP contribution >= 0.6 is 15.9 Å². The number of rotatable bonds is 3. The van der Waals surface area contributed by atoms with Crippen LogP contribution in [0.3, 0.4) is 0 Å². The molecule has 2 aromatic rings. The minimum Gasteiger partial charge on any atom is -0.355 e. The van der Waals surface area contributed by atoms with E-state index in [0.29, 0.717) is 0 Å². The molecule has 3 nitrogen and oxygen atoms in total. The van der Waals surface area contributed by atoms with Gasteiger partial charge in [0.15, 0.2) is 0 Å². The van der Waals surface area contributed by atoms with Crippen molar-refractivity contribution in [2.75, 3.05) is 11.9 Å². The third kappa shape index (κ3) is 3.29. The second-order valence-corrected chi connectivity index (χ2v) is 5.25. The lowest BCUT2D eigenvalue weighted by molar-refractivity contribution is 0.874. The summed E-state index contributed by atoms with van der Waals surface area (Å²) >= 11 is 3.40. The monoisotopic (exact) mass is 305 g/mol. The van der Waals surface area contributed by atoms with Crippen molar-refractivity contribution in [3.05, 3.63) is 51.9 Å². The summed E-state index contributed by atoms with van der Waals surface area (Å²) in [6.45, 7) is 4.84. The number of nitrogens with zero attached hydrogens (tertiary/aromatic N) is 3. The van der Waals surface area contributed by atoms with Crippen LogP contribution in [0.15, 0.2) is 34.9 Å². The van der Waals surface area contributed by atoms with Crippen LogP contribution in [0.4, 0.5) is 5.82 Å². The van der Waals surface area contributed by atoms with Gasteiger partial charge in [-0.2, -0.15) is 0 Å². The van der Waals surface area contributed by atoms with Crippen molar-refractivity contribution < 1.29 is 0 Å². The smallest absolute Gasteiger partial charge is 0.133 e. The van der Waals surface area contributed by atoms with E-state index in [1.165, 1.54) is 11.1 Å². The maximum atomic E-state index is 4.44. The Labute approximate surface area is 116 Å². The van der Waals surface area contributed by atoms with Gasteiger partial charge >= 0.3 is 0 Å². The number of aryl methyl sites for hydroxylation is 2. The van der Waals surface area contributed by atoms with Crippen LogP contribution in [-0.2, 0) is 6.54 Å². The van der Waals surface area contributed by atoms with Crippen LogP contribution in [-0.4, -0.2) is 17.0 Å². The normalized spacial score (nSPS) is 10.4. The summed E-state index contributed by atoms with van der Waals surface area (Å²) in [5.74, 6) is 1.70. The zero-order chi connectivity index (χ0) is 13.1. The van der Waals surface area contributed by atoms with E-state index in [-0.39, 0.29) is 0 Å². The number of benzene rings is 1. The molecule has 0 bridgehead atoms. The Morgan fingerprint density at radius 3 is 2.61 bits per heavy atom. The van der Waals surface area contributed by atoms with Crippen LogP contribution in [0.1, 0.15) is 17.0 Å². The molecule has 0 N–H and O–H groups in total. The Balaban J connectivity index is 2.19. The molecule has 94 valence electrons. The molecule has 18 heavy (non-hydrogen) atoms. The van der Waals surface area contributed by atoms with Crippen molar-refractivity contribution in [1.29, 1.82) is 0 Å². The summed E-state index contributed by atoms with van der Waals surface area (Å²) in [5, 5.41) is 0. The lowest BCUT2D eigenvalue weighted by Gasteiger charge is -2.19. The average Bonchev–Trinajstić information content (AvgIpc) is 2.27. The third-order valence-electron chi connectivity index (χ3n) is 2.69. The van der Waals surface area contributed by atoms with Crippen LogP contribution in [0.25, 0.3) is 0 Å². The second-order valence-electron chi connectivity index (χ2n) is 4.44. The number of halogens is 1. The number of anilines is 1. The van der Waals surface area contributed by atoms with Gasteiger partial charge in [-0.05, 0) is 35.3 Å². The molecule has 0 aliphatic rings. The third-order valence-corrected chi connectivity index (χ3v) is 3.09. The maximum absolute atomic E-state index is 4.44. The molecule has 1 heterocycles. The van der Waals surface area contributed by atoms with Gasteiger partial charge in [-0.15, -0.1) is 0 Å². The highest BCUT2D eigenvalue weighted by Gasteiger charge is 2.06. The molecule has 1 aromatic carbocycles. The predicted molar refractivity (Wildman–Crippen MR) is 77.8 cm³/mol. The summed E-state index contributed by atoms with van der Waals surface area (Å²) in [6, 6.07) is 10.4. The first-order valence-corrected chi connectivity index (χ1v) is 6.62. The molecular weight excluding hydrogens is 290 g/mol. The van der Waals surface area contributed by atoms with Gasteiger partial charge in [0.1, 0.15) is 16.2 Å². The fourth-order valence-electron chi connectivity index (χ4n) is 1.88. The molecule has 4 heteroatoms. The molecule has 0 aliphatic carbocycles. The molecular formula is C14H16BrN3. The quantitative estimate of drug-likeness (QED) is 0.813. The summed E-state index contributed by atoms with van der Waals surface area (Å²) in [6.07, 6.45) is 0. The highest BCUT2D eigenvalue weighted by Crippen LogP contribution is 2.17. The molecule has 0 amide bonds. The predicted octanol–water partition coefficient (Wildman–Crippen LogP) is 3.49. The Hall–Kier alpha value is -1.42. The minimum atomic E-state index is 0.774. The minimum absolute atomic E-state index is 0.774. The molecule has 0 atom stereocenters. The van der Waals surface area contributed by atoms with Crippen molar-refractivity contribution in [3.8, 4) is 0 Å². The van der Waals surface area contributed by atoms with Gasteiger partial charge < -0.3 is 4.90 Å². The fraction of sp³-hybridized carbons (Fsp3) is 0.286. The van der Waals surface area contributed by atoms with Crippen molar-refractivity contribution in [3.63, 3.8) is 0 Å². The lowest BCUT2D eigenvalue weighted by atomic mass is 10.1. The summed E-state index contributed by atoms with van der Waals surface area (Å²) in [4.78, 5) is 10.8. The average molecular weight is 306 g/mol. The zero-order valence-corrected chi connectivity index (χ0v) is 12.4. The largest absolute Gasteiger partial charge is 0.355 e. The van der Waals surface area contributed by atoms with Gasteiger partial charge in [-0.1, -0.05) is 29.8 Å². The highest BCUT2D eigenvalue weighted by atomic mass is 79.9. The van der Waals surface area contributed by atoms with E-state index < -0.39 is 0 Å². The topological polar surface area (TPSA) is 29.0 Å². The molecule has 1 aromatic heterocycles. The first-order chi connectivity index (χ1) is 8.54. The van der Waals surface area contributed by atoms with Crippen molar-refractivity contribution >= 4 is 21.7 Å². The van der Waals surface area contributed by atoms with E-state index in [1.807, 2.05) is 20.0 Å². The summed E-state index contributed by atoms with van der Waals surface area (Å²) in [5.41, 5.74) is 2.56. The molecule has 0 radical (unpaired) electrons. The SMILES string of the molecule is Cc1cccc(CN(C)c2cc(Br)nc(C)n2)c1. The van der Waals surface area contributed by atoms with Crippen LogP contribution in [0.2, 0.25) is 0 Å². The molecule has 0 saturated heterocycles. The first kappa shape index (κ1) is 13.0. The van der Waals surface area contributed by atoms with Crippen molar-refractivity contribution in [1.82, 2.24) is 9.97 Å². The van der Waals surface area contributed by atoms with E-state index in [2.05, 4.69) is 62.0 Å². The van der Waals surface area contributed by atoms with Crippen molar-refractivity contribution in [2.24, 2.45) is 0 Å². The summed E-state index contributed by atoms with van der Waals surface area (Å²) in [7, 11) is 2.04. The molecule has 0 spiro atoms. The Morgan fingerprint density at radius 1 is 1.17 bits per heavy atom. The standard InChI is InChI=1S/C14H16BrN3/c1-10-5-4-6-12(7-10)9-18(3)14-8-13(15)16-11(2)17-14/h4-8H,9H2,1-3H3. The maximum Gasteiger partial charge on any atom is 0.133 e. The zero-order valence-electron chi connectivity index (χ0n) is 10.8.